The highest BCUT2D eigenvalue weighted by Gasteiger charge is 2.34. The lowest BCUT2D eigenvalue weighted by molar-refractivity contribution is -0.137. The van der Waals surface area contributed by atoms with E-state index in [4.69, 9.17) is 0 Å². The molecule has 0 radical (unpaired) electrons. The normalized spacial score (nSPS) is 18.8. The average molecular weight is 456 g/mol. The molecule has 0 amide bonds. The molecule has 2 atom stereocenters. The molecule has 2 unspecified atom stereocenters. The SMILES string of the molecule is Fc1cccc(C2NCCC2c2cn(Cc3ccc(C(F)(F)F)cc3)c3ccccc23)c1F. The number of para-hydroxylation sites is 1. The zero-order chi connectivity index (χ0) is 23.2. The van der Waals surface area contributed by atoms with Crippen LogP contribution in [0.2, 0.25) is 0 Å². The lowest BCUT2D eigenvalue weighted by Gasteiger charge is -2.20. The Labute approximate surface area is 187 Å². The smallest absolute Gasteiger partial charge is 0.343 e. The maximum atomic E-state index is 14.6. The highest BCUT2D eigenvalue weighted by Crippen LogP contribution is 2.42. The largest absolute Gasteiger partial charge is 0.416 e. The van der Waals surface area contributed by atoms with Gasteiger partial charge in [-0.2, -0.15) is 13.2 Å². The summed E-state index contributed by atoms with van der Waals surface area (Å²) in [5, 5.41) is 4.31. The van der Waals surface area contributed by atoms with Crippen molar-refractivity contribution in [1.82, 2.24) is 9.88 Å². The van der Waals surface area contributed by atoms with Gasteiger partial charge in [0.1, 0.15) is 0 Å². The van der Waals surface area contributed by atoms with Crippen molar-refractivity contribution in [3.8, 4) is 0 Å². The summed E-state index contributed by atoms with van der Waals surface area (Å²) < 4.78 is 69.2. The number of nitrogens with zero attached hydrogens (tertiary/aromatic N) is 1. The van der Waals surface area contributed by atoms with Gasteiger partial charge in [-0.15, -0.1) is 0 Å². The van der Waals surface area contributed by atoms with Crippen molar-refractivity contribution < 1.29 is 22.0 Å². The van der Waals surface area contributed by atoms with Gasteiger partial charge in [0, 0.05) is 41.2 Å². The first-order valence-corrected chi connectivity index (χ1v) is 10.7. The summed E-state index contributed by atoms with van der Waals surface area (Å²) in [6.45, 7) is 1.07. The van der Waals surface area contributed by atoms with E-state index in [-0.39, 0.29) is 12.0 Å². The molecule has 1 saturated heterocycles. The van der Waals surface area contributed by atoms with Gasteiger partial charge in [-0.1, -0.05) is 42.5 Å². The minimum absolute atomic E-state index is 0.0694. The highest BCUT2D eigenvalue weighted by molar-refractivity contribution is 5.85. The molecule has 1 N–H and O–H groups in total. The molecule has 0 spiro atoms. The van der Waals surface area contributed by atoms with Crippen LogP contribution in [0, 0.1) is 11.6 Å². The van der Waals surface area contributed by atoms with E-state index in [9.17, 15) is 22.0 Å². The summed E-state index contributed by atoms with van der Waals surface area (Å²) in [5.74, 6) is -1.78. The molecule has 1 fully saturated rings. The lowest BCUT2D eigenvalue weighted by Crippen LogP contribution is -2.19. The molecule has 1 aromatic heterocycles. The summed E-state index contributed by atoms with van der Waals surface area (Å²) in [5.41, 5.74) is 2.32. The van der Waals surface area contributed by atoms with Gasteiger partial charge in [-0.05, 0) is 48.4 Å². The van der Waals surface area contributed by atoms with Crippen molar-refractivity contribution in [2.75, 3.05) is 6.54 Å². The minimum atomic E-state index is -4.37. The van der Waals surface area contributed by atoms with E-state index in [1.54, 1.807) is 6.07 Å². The van der Waals surface area contributed by atoms with E-state index in [1.165, 1.54) is 18.2 Å². The van der Waals surface area contributed by atoms with Crippen LogP contribution in [0.5, 0.6) is 0 Å². The van der Waals surface area contributed by atoms with Crippen LogP contribution in [-0.4, -0.2) is 11.1 Å². The van der Waals surface area contributed by atoms with Crippen molar-refractivity contribution in [2.24, 2.45) is 0 Å². The predicted molar refractivity (Wildman–Crippen MR) is 117 cm³/mol. The number of benzene rings is 3. The van der Waals surface area contributed by atoms with E-state index < -0.39 is 23.4 Å². The number of aromatic nitrogens is 1. The van der Waals surface area contributed by atoms with Crippen LogP contribution in [0.3, 0.4) is 0 Å². The monoisotopic (exact) mass is 456 g/mol. The predicted octanol–water partition coefficient (Wildman–Crippen LogP) is 6.80. The molecule has 0 bridgehead atoms. The number of fused-ring (bicyclic) bond motifs is 1. The van der Waals surface area contributed by atoms with E-state index in [0.29, 0.717) is 18.7 Å². The Morgan fingerprint density at radius 1 is 0.879 bits per heavy atom. The molecule has 2 nitrogen and oxygen atoms in total. The average Bonchev–Trinajstić information content (AvgIpc) is 3.41. The van der Waals surface area contributed by atoms with E-state index in [2.05, 4.69) is 5.32 Å². The number of halogens is 5. The Balaban J connectivity index is 1.52. The number of alkyl halides is 3. The third-order valence-corrected chi connectivity index (χ3v) is 6.39. The second-order valence-corrected chi connectivity index (χ2v) is 8.39. The van der Waals surface area contributed by atoms with Crippen LogP contribution in [0.4, 0.5) is 22.0 Å². The van der Waals surface area contributed by atoms with Gasteiger partial charge >= 0.3 is 6.18 Å². The maximum absolute atomic E-state index is 14.6. The molecular weight excluding hydrogens is 435 g/mol. The first-order valence-electron chi connectivity index (χ1n) is 10.7. The second kappa shape index (κ2) is 8.30. The molecule has 4 aromatic rings. The third kappa shape index (κ3) is 4.02. The number of nitrogens with one attached hydrogen (secondary N) is 1. The van der Waals surface area contributed by atoms with Gasteiger partial charge in [0.05, 0.1) is 5.56 Å². The van der Waals surface area contributed by atoms with Crippen LogP contribution in [-0.2, 0) is 12.7 Å². The first-order chi connectivity index (χ1) is 15.8. The second-order valence-electron chi connectivity index (χ2n) is 8.39. The topological polar surface area (TPSA) is 17.0 Å². The minimum Gasteiger partial charge on any atom is -0.343 e. The van der Waals surface area contributed by atoms with Gasteiger partial charge in [-0.3, -0.25) is 0 Å². The van der Waals surface area contributed by atoms with E-state index >= 15 is 0 Å². The molecule has 33 heavy (non-hydrogen) atoms. The summed E-state index contributed by atoms with van der Waals surface area (Å²) in [7, 11) is 0. The summed E-state index contributed by atoms with van der Waals surface area (Å²) >= 11 is 0. The zero-order valence-corrected chi connectivity index (χ0v) is 17.5. The molecule has 170 valence electrons. The summed E-state index contributed by atoms with van der Waals surface area (Å²) in [6.07, 6.45) is -1.62. The van der Waals surface area contributed by atoms with Crippen molar-refractivity contribution in [2.45, 2.75) is 31.1 Å². The van der Waals surface area contributed by atoms with Gasteiger partial charge < -0.3 is 9.88 Å². The lowest BCUT2D eigenvalue weighted by atomic mass is 9.87. The number of hydrogen-bond acceptors (Lipinski definition) is 1. The van der Waals surface area contributed by atoms with Crippen LogP contribution in [0.15, 0.2) is 72.9 Å². The molecule has 3 aromatic carbocycles. The van der Waals surface area contributed by atoms with Crippen LogP contribution < -0.4 is 5.32 Å². The molecule has 0 aliphatic carbocycles. The zero-order valence-electron chi connectivity index (χ0n) is 17.5. The third-order valence-electron chi connectivity index (χ3n) is 6.39. The molecule has 2 heterocycles. The molecular formula is C26H21F5N2. The van der Waals surface area contributed by atoms with Crippen molar-refractivity contribution in [3.63, 3.8) is 0 Å². The van der Waals surface area contributed by atoms with Crippen LogP contribution in [0.1, 0.15) is 40.6 Å². The number of rotatable bonds is 4. The van der Waals surface area contributed by atoms with E-state index in [0.717, 1.165) is 46.6 Å². The van der Waals surface area contributed by atoms with Gasteiger partial charge in [0.15, 0.2) is 11.6 Å². The molecule has 0 saturated carbocycles. The molecule has 5 rings (SSSR count). The summed E-state index contributed by atoms with van der Waals surface area (Å²) in [4.78, 5) is 0. The van der Waals surface area contributed by atoms with Gasteiger partial charge in [0.2, 0.25) is 0 Å². The Morgan fingerprint density at radius 3 is 2.39 bits per heavy atom. The maximum Gasteiger partial charge on any atom is 0.416 e. The number of hydrogen-bond donors (Lipinski definition) is 1. The quantitative estimate of drug-likeness (QED) is 0.334. The highest BCUT2D eigenvalue weighted by atomic mass is 19.4. The van der Waals surface area contributed by atoms with Gasteiger partial charge in [0.25, 0.3) is 0 Å². The fourth-order valence-electron chi connectivity index (χ4n) is 4.82. The molecule has 1 aliphatic rings. The first kappa shape index (κ1) is 21.6. The van der Waals surface area contributed by atoms with Crippen molar-refractivity contribution >= 4 is 10.9 Å². The van der Waals surface area contributed by atoms with Crippen molar-refractivity contribution in [3.05, 3.63) is 107 Å². The Morgan fingerprint density at radius 2 is 1.64 bits per heavy atom. The molecule has 1 aliphatic heterocycles. The molecule has 7 heteroatoms. The fourth-order valence-corrected chi connectivity index (χ4v) is 4.82. The van der Waals surface area contributed by atoms with Gasteiger partial charge in [-0.25, -0.2) is 8.78 Å². The standard InChI is InChI=1S/C26H21F5N2/c27-22-6-3-5-20(24(22)28)25-19(12-13-32-25)21-15-33(23-7-2-1-4-18(21)23)14-16-8-10-17(11-9-16)26(29,30)31/h1-11,15,19,25,32H,12-14H2. The van der Waals surface area contributed by atoms with Crippen LogP contribution >= 0.6 is 0 Å². The Bertz CT molecular complexity index is 1290. The summed E-state index contributed by atoms with van der Waals surface area (Å²) in [6, 6.07) is 16.8. The fraction of sp³-hybridized carbons (Fsp3) is 0.231. The van der Waals surface area contributed by atoms with Crippen LogP contribution in [0.25, 0.3) is 10.9 Å². The Kier molecular flexibility index (Phi) is 5.44. The Hall–Kier alpha value is -3.19. The van der Waals surface area contributed by atoms with E-state index in [1.807, 2.05) is 35.0 Å². The van der Waals surface area contributed by atoms with Crippen molar-refractivity contribution in [1.29, 1.82) is 0 Å².